The molecule has 0 fully saturated rings. The van der Waals surface area contributed by atoms with E-state index in [-0.39, 0.29) is 11.3 Å². The summed E-state index contributed by atoms with van der Waals surface area (Å²) in [7, 11) is -4.71. The molecule has 2 aromatic rings. The summed E-state index contributed by atoms with van der Waals surface area (Å²) in [6.45, 7) is 0. The Morgan fingerprint density at radius 2 is 1.78 bits per heavy atom. The van der Waals surface area contributed by atoms with E-state index in [4.69, 9.17) is 10.00 Å². The molecule has 0 unspecified atom stereocenters. The van der Waals surface area contributed by atoms with E-state index in [1.807, 2.05) is 6.07 Å². The molecular weight excluding hydrogens is 328 g/mol. The Bertz CT molecular complexity index is 871. The third-order valence-corrected chi connectivity index (χ3v) is 4.23. The summed E-state index contributed by atoms with van der Waals surface area (Å²) >= 11 is 0. The van der Waals surface area contributed by atoms with Crippen LogP contribution in [0.3, 0.4) is 0 Å². The second kappa shape index (κ2) is 6.54. The smallest absolute Gasteiger partial charge is 0.343 e. The van der Waals surface area contributed by atoms with Crippen LogP contribution in [-0.2, 0) is 9.84 Å². The molecule has 0 radical (unpaired) electrons. The molecule has 2 rings (SSSR count). The third kappa shape index (κ3) is 3.70. The first-order valence-corrected chi connectivity index (χ1v) is 7.73. The SMILES string of the molecule is N#Cc1cccc(OC(=O)c2ccc(S(=O)(=O)C(F)F)cc2)c1. The fourth-order valence-corrected chi connectivity index (χ4v) is 2.40. The van der Waals surface area contributed by atoms with Crippen LogP contribution in [0.5, 0.6) is 5.75 Å². The van der Waals surface area contributed by atoms with Crippen molar-refractivity contribution in [3.63, 3.8) is 0 Å². The molecule has 0 N–H and O–H groups in total. The standard InChI is InChI=1S/C15H9F2NO4S/c16-15(17)23(20,21)13-6-4-11(5-7-13)14(19)22-12-3-1-2-10(8-12)9-18/h1-8,15H. The van der Waals surface area contributed by atoms with Gasteiger partial charge in [0.2, 0.25) is 9.84 Å². The molecule has 118 valence electrons. The molecule has 0 amide bonds. The van der Waals surface area contributed by atoms with Crippen LogP contribution in [0, 0.1) is 11.3 Å². The Kier molecular flexibility index (Phi) is 4.71. The number of alkyl halides is 2. The van der Waals surface area contributed by atoms with Gasteiger partial charge in [-0.3, -0.25) is 0 Å². The minimum atomic E-state index is -4.71. The molecule has 8 heteroatoms. The molecule has 0 spiro atoms. The van der Waals surface area contributed by atoms with Gasteiger partial charge < -0.3 is 4.74 Å². The molecule has 0 aliphatic heterocycles. The van der Waals surface area contributed by atoms with Gasteiger partial charge in [0.15, 0.2) is 0 Å². The Morgan fingerprint density at radius 1 is 1.13 bits per heavy atom. The minimum Gasteiger partial charge on any atom is -0.423 e. The second-order valence-electron chi connectivity index (χ2n) is 4.36. The first-order valence-electron chi connectivity index (χ1n) is 6.19. The lowest BCUT2D eigenvalue weighted by atomic mass is 10.2. The molecule has 0 saturated carbocycles. The van der Waals surface area contributed by atoms with Gasteiger partial charge in [0, 0.05) is 0 Å². The largest absolute Gasteiger partial charge is 0.423 e. The highest BCUT2D eigenvalue weighted by Gasteiger charge is 2.26. The molecule has 23 heavy (non-hydrogen) atoms. The van der Waals surface area contributed by atoms with Gasteiger partial charge >= 0.3 is 11.7 Å². The van der Waals surface area contributed by atoms with Crippen LogP contribution in [0.2, 0.25) is 0 Å². The maximum absolute atomic E-state index is 12.4. The van der Waals surface area contributed by atoms with Gasteiger partial charge in [0.1, 0.15) is 5.75 Å². The highest BCUT2D eigenvalue weighted by Crippen LogP contribution is 2.20. The minimum absolute atomic E-state index is 0.0134. The second-order valence-corrected chi connectivity index (χ2v) is 6.28. The van der Waals surface area contributed by atoms with Gasteiger partial charge in [-0.2, -0.15) is 14.0 Å². The average Bonchev–Trinajstić information content (AvgIpc) is 2.55. The van der Waals surface area contributed by atoms with E-state index in [1.165, 1.54) is 24.3 Å². The van der Waals surface area contributed by atoms with Crippen LogP contribution in [0.4, 0.5) is 8.78 Å². The van der Waals surface area contributed by atoms with Gasteiger partial charge in [-0.1, -0.05) is 6.07 Å². The number of ether oxygens (including phenoxy) is 1. The number of hydrogen-bond acceptors (Lipinski definition) is 5. The van der Waals surface area contributed by atoms with Gasteiger partial charge in [0.05, 0.1) is 22.1 Å². The van der Waals surface area contributed by atoms with Crippen molar-refractivity contribution in [3.8, 4) is 11.8 Å². The van der Waals surface area contributed by atoms with E-state index in [1.54, 1.807) is 0 Å². The molecule has 0 atom stereocenters. The van der Waals surface area contributed by atoms with Crippen molar-refractivity contribution < 1.29 is 26.7 Å². The van der Waals surface area contributed by atoms with Gasteiger partial charge in [0.25, 0.3) is 0 Å². The number of nitrogens with zero attached hydrogens (tertiary/aromatic N) is 1. The van der Waals surface area contributed by atoms with E-state index in [0.29, 0.717) is 5.56 Å². The number of halogens is 2. The first kappa shape index (κ1) is 16.6. The number of carbonyl (C=O) groups excluding carboxylic acids is 1. The Hall–Kier alpha value is -2.79. The fraction of sp³-hybridized carbons (Fsp3) is 0.0667. The van der Waals surface area contributed by atoms with Crippen LogP contribution in [-0.4, -0.2) is 20.1 Å². The van der Waals surface area contributed by atoms with E-state index in [2.05, 4.69) is 0 Å². The van der Waals surface area contributed by atoms with Crippen molar-refractivity contribution >= 4 is 15.8 Å². The zero-order valence-electron chi connectivity index (χ0n) is 11.4. The molecule has 0 bridgehead atoms. The highest BCUT2D eigenvalue weighted by atomic mass is 32.2. The van der Waals surface area contributed by atoms with E-state index in [0.717, 1.165) is 24.3 Å². The average molecular weight is 337 g/mol. The summed E-state index contributed by atoms with van der Waals surface area (Å²) in [4.78, 5) is 11.3. The van der Waals surface area contributed by atoms with Crippen molar-refractivity contribution in [1.29, 1.82) is 5.26 Å². The molecular formula is C15H9F2NO4S. The van der Waals surface area contributed by atoms with Crippen LogP contribution in [0.25, 0.3) is 0 Å². The lowest BCUT2D eigenvalue weighted by molar-refractivity contribution is 0.0734. The Labute approximate surface area is 130 Å². The van der Waals surface area contributed by atoms with Gasteiger partial charge in [-0.15, -0.1) is 0 Å². The normalized spacial score (nSPS) is 11.0. The topological polar surface area (TPSA) is 84.2 Å². The lowest BCUT2D eigenvalue weighted by Crippen LogP contribution is -2.12. The van der Waals surface area contributed by atoms with Crippen molar-refractivity contribution in [1.82, 2.24) is 0 Å². The number of sulfone groups is 1. The number of hydrogen-bond donors (Lipinski definition) is 0. The molecule has 5 nitrogen and oxygen atoms in total. The van der Waals surface area contributed by atoms with Gasteiger partial charge in [-0.05, 0) is 42.5 Å². The third-order valence-electron chi connectivity index (χ3n) is 2.83. The van der Waals surface area contributed by atoms with Crippen molar-refractivity contribution in [2.24, 2.45) is 0 Å². The summed E-state index contributed by atoms with van der Waals surface area (Å²) in [5.41, 5.74) is 0.286. The fourth-order valence-electron chi connectivity index (χ4n) is 1.68. The summed E-state index contributed by atoms with van der Waals surface area (Å²) in [6, 6.07) is 11.7. The number of esters is 1. The summed E-state index contributed by atoms with van der Waals surface area (Å²) in [6.07, 6.45) is 0. The maximum atomic E-state index is 12.4. The Balaban J connectivity index is 2.19. The summed E-state index contributed by atoms with van der Waals surface area (Å²) in [5, 5.41) is 8.76. The molecule has 2 aromatic carbocycles. The van der Waals surface area contributed by atoms with Crippen LogP contribution in [0.1, 0.15) is 15.9 Å². The van der Waals surface area contributed by atoms with E-state index < -0.39 is 26.5 Å². The zero-order chi connectivity index (χ0) is 17.0. The molecule has 0 saturated heterocycles. The molecule has 0 aliphatic carbocycles. The summed E-state index contributed by atoms with van der Waals surface area (Å²) < 4.78 is 52.4. The lowest BCUT2D eigenvalue weighted by Gasteiger charge is -2.06. The number of nitriles is 1. The number of carbonyl (C=O) groups is 1. The monoisotopic (exact) mass is 337 g/mol. The Morgan fingerprint density at radius 3 is 2.35 bits per heavy atom. The molecule has 0 aliphatic rings. The van der Waals surface area contributed by atoms with Crippen LogP contribution >= 0.6 is 0 Å². The van der Waals surface area contributed by atoms with E-state index >= 15 is 0 Å². The molecule has 0 heterocycles. The van der Waals surface area contributed by atoms with Crippen LogP contribution in [0.15, 0.2) is 53.4 Å². The highest BCUT2D eigenvalue weighted by molar-refractivity contribution is 7.91. The predicted molar refractivity (Wildman–Crippen MR) is 75.7 cm³/mol. The van der Waals surface area contributed by atoms with E-state index in [9.17, 15) is 22.0 Å². The van der Waals surface area contributed by atoms with Crippen LogP contribution < -0.4 is 4.74 Å². The quantitative estimate of drug-likeness (QED) is 0.633. The van der Waals surface area contributed by atoms with Crippen molar-refractivity contribution in [3.05, 3.63) is 59.7 Å². The summed E-state index contributed by atoms with van der Waals surface area (Å²) in [5.74, 6) is -4.20. The first-order chi connectivity index (χ1) is 10.8. The number of benzene rings is 2. The maximum Gasteiger partial charge on any atom is 0.343 e. The predicted octanol–water partition coefficient (Wildman–Crippen LogP) is 2.77. The molecule has 0 aromatic heterocycles. The number of rotatable bonds is 4. The van der Waals surface area contributed by atoms with Crippen molar-refractivity contribution in [2.75, 3.05) is 0 Å². The van der Waals surface area contributed by atoms with Gasteiger partial charge in [-0.25, -0.2) is 13.2 Å². The van der Waals surface area contributed by atoms with Crippen molar-refractivity contribution in [2.45, 2.75) is 10.7 Å². The zero-order valence-corrected chi connectivity index (χ0v) is 12.3.